The van der Waals surface area contributed by atoms with E-state index in [-0.39, 0.29) is 6.47 Å². The van der Waals surface area contributed by atoms with Crippen molar-refractivity contribution in [2.24, 2.45) is 11.5 Å². The zero-order valence-electron chi connectivity index (χ0n) is 11.2. The number of ketones is 1. The quantitative estimate of drug-likeness (QED) is 0.233. The summed E-state index contributed by atoms with van der Waals surface area (Å²) in [5, 5.41) is 18.6. The minimum absolute atomic E-state index is 0.0444. The summed E-state index contributed by atoms with van der Waals surface area (Å²) in [5.41, 5.74) is 11.1. The number of hydrogen-bond acceptors (Lipinski definition) is 9. The van der Waals surface area contributed by atoms with Gasteiger partial charge in [-0.2, -0.15) is 0 Å². The third kappa shape index (κ3) is 3.92. The van der Waals surface area contributed by atoms with Crippen molar-refractivity contribution >= 4 is 18.2 Å². The molecule has 0 amide bonds. The Bertz CT molecular complexity index is 449. The van der Waals surface area contributed by atoms with E-state index in [4.69, 9.17) is 16.6 Å². The van der Waals surface area contributed by atoms with Crippen LogP contribution in [-0.4, -0.2) is 53.2 Å². The van der Waals surface area contributed by atoms with Crippen molar-refractivity contribution in [1.82, 2.24) is 0 Å². The third-order valence-corrected chi connectivity index (χ3v) is 3.03. The number of nitrogens with two attached hydrogens (primary N) is 2. The van der Waals surface area contributed by atoms with Gasteiger partial charge in [0.15, 0.2) is 11.9 Å². The van der Waals surface area contributed by atoms with Gasteiger partial charge in [0.05, 0.1) is 0 Å². The fraction of sp³-hybridized carbons (Fsp3) is 0.583. The molecule has 9 nitrogen and oxygen atoms in total. The normalized spacial score (nSPS) is 20.9. The molecule has 1 aliphatic heterocycles. The highest BCUT2D eigenvalue weighted by atomic mass is 16.6. The van der Waals surface area contributed by atoms with Crippen LogP contribution in [0.15, 0.2) is 11.5 Å². The van der Waals surface area contributed by atoms with E-state index in [1.165, 1.54) is 0 Å². The van der Waals surface area contributed by atoms with Gasteiger partial charge in [-0.05, 0) is 19.4 Å². The van der Waals surface area contributed by atoms with Gasteiger partial charge in [-0.15, -0.1) is 0 Å². The minimum atomic E-state index is -1.72. The van der Waals surface area contributed by atoms with Crippen LogP contribution >= 0.6 is 0 Å². The molecule has 1 rings (SSSR count). The van der Waals surface area contributed by atoms with E-state index in [1.54, 1.807) is 0 Å². The molecule has 6 N–H and O–H groups in total. The van der Waals surface area contributed by atoms with E-state index in [2.05, 4.69) is 9.47 Å². The van der Waals surface area contributed by atoms with Crippen molar-refractivity contribution in [3.8, 4) is 0 Å². The lowest BCUT2D eigenvalue weighted by Gasteiger charge is -2.23. The number of carbonyl (C=O) groups is 3. The Kier molecular flexibility index (Phi) is 6.12. The maximum absolute atomic E-state index is 12.1. The SMILES string of the molecule is NCCCCC(N)C(OC=O)C(=O)C1OC(=O)C(O)=C1O. The molecule has 0 spiro atoms. The largest absolute Gasteiger partial charge is 0.505 e. The molecule has 0 saturated carbocycles. The summed E-state index contributed by atoms with van der Waals surface area (Å²) in [5.74, 6) is -4.11. The monoisotopic (exact) mass is 302 g/mol. The average molecular weight is 302 g/mol. The number of rotatable bonds is 9. The maximum Gasteiger partial charge on any atom is 0.378 e. The average Bonchev–Trinajstić information content (AvgIpc) is 2.72. The van der Waals surface area contributed by atoms with Crippen LogP contribution in [0.4, 0.5) is 0 Å². The van der Waals surface area contributed by atoms with Crippen LogP contribution in [-0.2, 0) is 23.9 Å². The molecule has 0 radical (unpaired) electrons. The Labute approximate surface area is 120 Å². The lowest BCUT2D eigenvalue weighted by atomic mass is 9.98. The lowest BCUT2D eigenvalue weighted by molar-refractivity contribution is -0.156. The first-order chi connectivity index (χ1) is 9.93. The Morgan fingerprint density at radius 3 is 2.57 bits per heavy atom. The molecule has 118 valence electrons. The second-order valence-electron chi connectivity index (χ2n) is 4.52. The molecule has 0 fully saturated rings. The van der Waals surface area contributed by atoms with E-state index in [0.29, 0.717) is 25.8 Å². The molecule has 0 aromatic rings. The number of esters is 1. The molecule has 3 atom stereocenters. The molecule has 9 heteroatoms. The Morgan fingerprint density at radius 2 is 2.10 bits per heavy atom. The van der Waals surface area contributed by atoms with Crippen molar-refractivity contribution in [2.75, 3.05) is 6.54 Å². The predicted octanol–water partition coefficient (Wildman–Crippen LogP) is -1.19. The summed E-state index contributed by atoms with van der Waals surface area (Å²) in [6.45, 7) is 0.500. The zero-order chi connectivity index (χ0) is 16.0. The topological polar surface area (TPSA) is 162 Å². The summed E-state index contributed by atoms with van der Waals surface area (Å²) in [6, 6.07) is -0.844. The van der Waals surface area contributed by atoms with Gasteiger partial charge in [0.25, 0.3) is 6.47 Å². The summed E-state index contributed by atoms with van der Waals surface area (Å²) >= 11 is 0. The summed E-state index contributed by atoms with van der Waals surface area (Å²) in [6.07, 6.45) is -1.48. The van der Waals surface area contributed by atoms with Gasteiger partial charge in [0, 0.05) is 6.04 Å². The van der Waals surface area contributed by atoms with Gasteiger partial charge < -0.3 is 31.2 Å². The smallest absolute Gasteiger partial charge is 0.378 e. The van der Waals surface area contributed by atoms with Gasteiger partial charge in [0.1, 0.15) is 0 Å². The third-order valence-electron chi connectivity index (χ3n) is 3.03. The first kappa shape index (κ1) is 16.9. The van der Waals surface area contributed by atoms with Crippen LogP contribution in [0.1, 0.15) is 19.3 Å². The van der Waals surface area contributed by atoms with Crippen LogP contribution in [0.5, 0.6) is 0 Å². The highest BCUT2D eigenvalue weighted by molar-refractivity contribution is 5.99. The molecule has 3 unspecified atom stereocenters. The van der Waals surface area contributed by atoms with Gasteiger partial charge in [0.2, 0.25) is 17.6 Å². The Hall–Kier alpha value is -2.13. The van der Waals surface area contributed by atoms with Crippen molar-refractivity contribution in [3.63, 3.8) is 0 Å². The number of aliphatic hydroxyl groups excluding tert-OH is 2. The number of Topliss-reactive ketones (excluding diaryl/α,β-unsaturated/α-hetero) is 1. The highest BCUT2D eigenvalue weighted by Gasteiger charge is 2.44. The molecular weight excluding hydrogens is 284 g/mol. The molecule has 1 aliphatic rings. The maximum atomic E-state index is 12.1. The van der Waals surface area contributed by atoms with E-state index in [1.807, 2.05) is 0 Å². The van der Waals surface area contributed by atoms with E-state index in [9.17, 15) is 19.5 Å². The molecule has 0 bridgehead atoms. The number of carbonyl (C=O) groups excluding carboxylic acids is 3. The fourth-order valence-corrected chi connectivity index (χ4v) is 1.90. The standard InChI is InChI=1S/C12H18N2O7/c13-4-2-1-3-6(14)10(20-5-15)9(18)11-7(16)8(17)12(19)21-11/h5-6,10-11,16-17H,1-4,13-14H2. The highest BCUT2D eigenvalue weighted by Crippen LogP contribution is 2.22. The molecule has 1 heterocycles. The molecule has 0 aromatic carbocycles. The summed E-state index contributed by atoms with van der Waals surface area (Å²) < 4.78 is 9.15. The van der Waals surface area contributed by atoms with Gasteiger partial charge in [-0.1, -0.05) is 6.42 Å². The van der Waals surface area contributed by atoms with E-state index < -0.39 is 41.5 Å². The van der Waals surface area contributed by atoms with Crippen molar-refractivity contribution in [1.29, 1.82) is 0 Å². The molecule has 0 aliphatic carbocycles. The summed E-state index contributed by atoms with van der Waals surface area (Å²) in [4.78, 5) is 33.7. The fourth-order valence-electron chi connectivity index (χ4n) is 1.90. The van der Waals surface area contributed by atoms with Crippen LogP contribution in [0, 0.1) is 0 Å². The van der Waals surface area contributed by atoms with E-state index >= 15 is 0 Å². The van der Waals surface area contributed by atoms with Crippen molar-refractivity contribution in [2.45, 2.75) is 37.5 Å². The van der Waals surface area contributed by atoms with Gasteiger partial charge in [-0.25, -0.2) is 4.79 Å². The molecular formula is C12H18N2O7. The number of unbranched alkanes of at least 4 members (excludes halogenated alkanes) is 1. The Balaban J connectivity index is 2.78. The number of hydrogen-bond donors (Lipinski definition) is 4. The second kappa shape index (κ2) is 7.60. The molecule has 0 aromatic heterocycles. The predicted molar refractivity (Wildman–Crippen MR) is 69.0 cm³/mol. The minimum Gasteiger partial charge on any atom is -0.505 e. The summed E-state index contributed by atoms with van der Waals surface area (Å²) in [7, 11) is 0. The Morgan fingerprint density at radius 1 is 1.43 bits per heavy atom. The first-order valence-corrected chi connectivity index (χ1v) is 6.35. The van der Waals surface area contributed by atoms with Crippen molar-refractivity contribution < 1.29 is 34.1 Å². The molecule has 21 heavy (non-hydrogen) atoms. The van der Waals surface area contributed by atoms with Crippen molar-refractivity contribution in [3.05, 3.63) is 11.5 Å². The number of cyclic esters (lactones) is 1. The second-order valence-corrected chi connectivity index (χ2v) is 4.52. The van der Waals surface area contributed by atoms with E-state index in [0.717, 1.165) is 0 Å². The van der Waals surface area contributed by atoms with Crippen LogP contribution < -0.4 is 11.5 Å². The van der Waals surface area contributed by atoms with Gasteiger partial charge >= 0.3 is 5.97 Å². The number of ether oxygens (including phenoxy) is 2. The van der Waals surface area contributed by atoms with Crippen LogP contribution in [0.25, 0.3) is 0 Å². The van der Waals surface area contributed by atoms with Gasteiger partial charge in [-0.3, -0.25) is 9.59 Å². The lowest BCUT2D eigenvalue weighted by Crippen LogP contribution is -2.47. The number of aliphatic hydroxyl groups is 2. The van der Waals surface area contributed by atoms with Crippen LogP contribution in [0.2, 0.25) is 0 Å². The van der Waals surface area contributed by atoms with Crippen LogP contribution in [0.3, 0.4) is 0 Å². The molecule has 0 saturated heterocycles. The zero-order valence-corrected chi connectivity index (χ0v) is 11.2. The first-order valence-electron chi connectivity index (χ1n) is 6.35.